The molecule has 0 N–H and O–H groups in total. The zero-order valence-corrected chi connectivity index (χ0v) is 9.76. The first-order valence-corrected chi connectivity index (χ1v) is 5.83. The van der Waals surface area contributed by atoms with Crippen molar-refractivity contribution in [2.45, 2.75) is 52.1 Å². The maximum Gasteiger partial charge on any atom is 0.0704 e. The van der Waals surface area contributed by atoms with E-state index in [2.05, 4.69) is 20.8 Å². The van der Waals surface area contributed by atoms with Crippen LogP contribution in [0.2, 0.25) is 0 Å². The summed E-state index contributed by atoms with van der Waals surface area (Å²) in [5, 5.41) is 0. The number of ether oxygens (including phenoxy) is 2. The number of rotatable bonds is 10. The zero-order chi connectivity index (χ0) is 10.6. The lowest BCUT2D eigenvalue weighted by molar-refractivity contribution is 0.0201. The first-order chi connectivity index (χ1) is 6.81. The van der Waals surface area contributed by atoms with Gasteiger partial charge in [0.15, 0.2) is 0 Å². The van der Waals surface area contributed by atoms with Crippen LogP contribution >= 0.6 is 0 Å². The monoisotopic (exact) mass is 201 g/mol. The van der Waals surface area contributed by atoms with Crippen LogP contribution in [0.15, 0.2) is 0 Å². The van der Waals surface area contributed by atoms with E-state index in [1.165, 1.54) is 25.7 Å². The quantitative estimate of drug-likeness (QED) is 0.505. The molecule has 1 radical (unpaired) electrons. The van der Waals surface area contributed by atoms with Gasteiger partial charge in [-0.3, -0.25) is 0 Å². The van der Waals surface area contributed by atoms with Crippen LogP contribution in [-0.4, -0.2) is 25.9 Å². The average molecular weight is 201 g/mol. The fourth-order valence-corrected chi connectivity index (χ4v) is 1.12. The lowest BCUT2D eigenvalue weighted by Crippen LogP contribution is -2.12. The summed E-state index contributed by atoms with van der Waals surface area (Å²) in [5.41, 5.74) is 0. The van der Waals surface area contributed by atoms with E-state index in [1.54, 1.807) is 0 Å². The molecule has 0 rings (SSSR count). The zero-order valence-electron chi connectivity index (χ0n) is 9.76. The van der Waals surface area contributed by atoms with Crippen molar-refractivity contribution in [3.05, 3.63) is 6.92 Å². The largest absolute Gasteiger partial charge is 0.379 e. The highest BCUT2D eigenvalue weighted by Gasteiger charge is 1.97. The lowest BCUT2D eigenvalue weighted by Gasteiger charge is -2.10. The SMILES string of the molecule is [CH2]C(CC)OCCOCCCCCC. The number of unbranched alkanes of at least 4 members (excludes halogenated alkanes) is 3. The highest BCUT2D eigenvalue weighted by atomic mass is 16.5. The Bertz CT molecular complexity index is 104. The van der Waals surface area contributed by atoms with Gasteiger partial charge in [-0.05, 0) is 19.8 Å². The Morgan fingerprint density at radius 3 is 2.43 bits per heavy atom. The van der Waals surface area contributed by atoms with Crippen LogP contribution in [0.1, 0.15) is 46.0 Å². The van der Waals surface area contributed by atoms with Gasteiger partial charge in [0.2, 0.25) is 0 Å². The van der Waals surface area contributed by atoms with Crippen molar-refractivity contribution < 1.29 is 9.47 Å². The van der Waals surface area contributed by atoms with Crippen LogP contribution in [0.3, 0.4) is 0 Å². The molecule has 1 atom stereocenters. The first kappa shape index (κ1) is 13.9. The van der Waals surface area contributed by atoms with E-state index in [1.807, 2.05) is 0 Å². The van der Waals surface area contributed by atoms with Crippen molar-refractivity contribution in [1.29, 1.82) is 0 Å². The number of hydrogen-bond acceptors (Lipinski definition) is 2. The van der Waals surface area contributed by atoms with Crippen LogP contribution in [0.5, 0.6) is 0 Å². The maximum atomic E-state index is 5.42. The average Bonchev–Trinajstić information content (AvgIpc) is 2.21. The van der Waals surface area contributed by atoms with E-state index < -0.39 is 0 Å². The van der Waals surface area contributed by atoms with Gasteiger partial charge in [-0.25, -0.2) is 0 Å². The number of hydrogen-bond donors (Lipinski definition) is 0. The molecule has 0 saturated carbocycles. The van der Waals surface area contributed by atoms with E-state index >= 15 is 0 Å². The van der Waals surface area contributed by atoms with Gasteiger partial charge in [-0.1, -0.05) is 33.1 Å². The molecule has 0 spiro atoms. The molecule has 0 bridgehead atoms. The van der Waals surface area contributed by atoms with E-state index in [0.29, 0.717) is 13.2 Å². The van der Waals surface area contributed by atoms with Crippen LogP contribution < -0.4 is 0 Å². The van der Waals surface area contributed by atoms with Crippen LogP contribution in [-0.2, 0) is 9.47 Å². The van der Waals surface area contributed by atoms with Gasteiger partial charge < -0.3 is 9.47 Å². The fourth-order valence-electron chi connectivity index (χ4n) is 1.12. The van der Waals surface area contributed by atoms with E-state index in [4.69, 9.17) is 9.47 Å². The van der Waals surface area contributed by atoms with E-state index in [0.717, 1.165) is 13.0 Å². The van der Waals surface area contributed by atoms with Crippen molar-refractivity contribution in [3.8, 4) is 0 Å². The molecule has 0 aliphatic carbocycles. The Hall–Kier alpha value is -0.0800. The summed E-state index contributed by atoms with van der Waals surface area (Å²) in [7, 11) is 0. The highest BCUT2D eigenvalue weighted by Crippen LogP contribution is 1.99. The van der Waals surface area contributed by atoms with Crippen LogP contribution in [0.4, 0.5) is 0 Å². The third-order valence-electron chi connectivity index (χ3n) is 2.18. The summed E-state index contributed by atoms with van der Waals surface area (Å²) < 4.78 is 10.8. The predicted molar refractivity (Wildman–Crippen MR) is 60.3 cm³/mol. The molecule has 14 heavy (non-hydrogen) atoms. The molecule has 85 valence electrons. The molecule has 2 nitrogen and oxygen atoms in total. The fraction of sp³-hybridized carbons (Fsp3) is 0.917. The molecule has 0 aromatic rings. The van der Waals surface area contributed by atoms with Gasteiger partial charge in [0.1, 0.15) is 0 Å². The van der Waals surface area contributed by atoms with Crippen LogP contribution in [0, 0.1) is 6.92 Å². The second-order valence-corrected chi connectivity index (χ2v) is 3.57. The van der Waals surface area contributed by atoms with Crippen molar-refractivity contribution in [1.82, 2.24) is 0 Å². The van der Waals surface area contributed by atoms with E-state index in [-0.39, 0.29) is 6.10 Å². The van der Waals surface area contributed by atoms with Crippen LogP contribution in [0.25, 0.3) is 0 Å². The third kappa shape index (κ3) is 10.0. The van der Waals surface area contributed by atoms with E-state index in [9.17, 15) is 0 Å². The summed E-state index contributed by atoms with van der Waals surface area (Å²) >= 11 is 0. The molecule has 0 heterocycles. The third-order valence-corrected chi connectivity index (χ3v) is 2.18. The Morgan fingerprint density at radius 1 is 1.00 bits per heavy atom. The topological polar surface area (TPSA) is 18.5 Å². The molecule has 1 unspecified atom stereocenters. The molecule has 0 aromatic carbocycles. The molecule has 0 amide bonds. The first-order valence-electron chi connectivity index (χ1n) is 5.83. The summed E-state index contributed by atoms with van der Waals surface area (Å²) in [6.45, 7) is 10.4. The Morgan fingerprint density at radius 2 is 1.79 bits per heavy atom. The normalized spacial score (nSPS) is 13.1. The molecule has 0 aromatic heterocycles. The second kappa shape index (κ2) is 11.0. The Balaban J connectivity index is 2.92. The predicted octanol–water partition coefficient (Wildman–Crippen LogP) is 3.21. The van der Waals surface area contributed by atoms with Crippen molar-refractivity contribution in [2.75, 3.05) is 19.8 Å². The van der Waals surface area contributed by atoms with Gasteiger partial charge >= 0.3 is 0 Å². The lowest BCUT2D eigenvalue weighted by atomic mass is 10.2. The standard InChI is InChI=1S/C12H25O2/c1-4-6-7-8-9-13-10-11-14-12(3)5-2/h12H,3-11H2,1-2H3. The molecule has 0 saturated heterocycles. The Labute approximate surface area is 89.0 Å². The molecular weight excluding hydrogens is 176 g/mol. The maximum absolute atomic E-state index is 5.42. The van der Waals surface area contributed by atoms with Gasteiger partial charge in [0.05, 0.1) is 19.3 Å². The minimum absolute atomic E-state index is 0.124. The minimum atomic E-state index is 0.124. The van der Waals surface area contributed by atoms with Crippen molar-refractivity contribution in [2.24, 2.45) is 0 Å². The van der Waals surface area contributed by atoms with Gasteiger partial charge in [-0.15, -0.1) is 0 Å². The Kier molecular flexibility index (Phi) is 10.9. The van der Waals surface area contributed by atoms with Gasteiger partial charge in [-0.2, -0.15) is 0 Å². The molecule has 0 fully saturated rings. The van der Waals surface area contributed by atoms with Crippen molar-refractivity contribution in [3.63, 3.8) is 0 Å². The second-order valence-electron chi connectivity index (χ2n) is 3.57. The summed E-state index contributed by atoms with van der Waals surface area (Å²) in [6.07, 6.45) is 6.15. The summed E-state index contributed by atoms with van der Waals surface area (Å²) in [6, 6.07) is 0. The summed E-state index contributed by atoms with van der Waals surface area (Å²) in [5.74, 6) is 0. The molecule has 0 aliphatic heterocycles. The highest BCUT2D eigenvalue weighted by molar-refractivity contribution is 4.55. The molecular formula is C12H25O2. The van der Waals surface area contributed by atoms with Gasteiger partial charge in [0.25, 0.3) is 0 Å². The molecule has 2 heteroatoms. The molecule has 0 aliphatic rings. The smallest absolute Gasteiger partial charge is 0.0704 e. The summed E-state index contributed by atoms with van der Waals surface area (Å²) in [4.78, 5) is 0. The van der Waals surface area contributed by atoms with Crippen molar-refractivity contribution >= 4 is 0 Å². The van der Waals surface area contributed by atoms with Gasteiger partial charge in [0, 0.05) is 6.61 Å². The minimum Gasteiger partial charge on any atom is -0.379 e.